The van der Waals surface area contributed by atoms with E-state index in [0.717, 1.165) is 12.1 Å². The number of anilines is 1. The van der Waals surface area contributed by atoms with E-state index in [1.807, 2.05) is 23.3 Å². The molecule has 0 aliphatic carbocycles. The number of nitrogens with zero attached hydrogens (tertiary/aromatic N) is 2. The van der Waals surface area contributed by atoms with Crippen LogP contribution >= 0.6 is 0 Å². The third kappa shape index (κ3) is 12.4. The van der Waals surface area contributed by atoms with E-state index < -0.39 is 92.6 Å². The van der Waals surface area contributed by atoms with Gasteiger partial charge in [-0.2, -0.15) is 38.2 Å². The van der Waals surface area contributed by atoms with Crippen LogP contribution < -0.4 is 9.62 Å². The Hall–Kier alpha value is -4.97. The van der Waals surface area contributed by atoms with Gasteiger partial charge in [0.2, 0.25) is 15.7 Å². The van der Waals surface area contributed by atoms with Crippen molar-refractivity contribution in [2.45, 2.75) is 89.7 Å². The Kier molecular flexibility index (Phi) is 17.0. The second-order valence-electron chi connectivity index (χ2n) is 18.3. The summed E-state index contributed by atoms with van der Waals surface area (Å²) in [6.07, 6.45) is 9.83. The number of allylic oxidation sites excluding steroid dienone is 6. The van der Waals surface area contributed by atoms with Crippen LogP contribution in [0.15, 0.2) is 104 Å². The minimum absolute atomic E-state index is 0.00934. The Morgan fingerprint density at radius 2 is 1.30 bits per heavy atom. The molecule has 2 aliphatic heterocycles. The predicted octanol–water partition coefficient (Wildman–Crippen LogP) is 5.77. The van der Waals surface area contributed by atoms with Crippen LogP contribution in [0, 0.1) is 0 Å². The first-order valence-electron chi connectivity index (χ1n) is 22.7. The van der Waals surface area contributed by atoms with Crippen LogP contribution in [0.4, 0.5) is 11.4 Å². The minimum atomic E-state index is -5.09. The van der Waals surface area contributed by atoms with Crippen molar-refractivity contribution >= 4 is 95.1 Å². The van der Waals surface area contributed by atoms with Crippen molar-refractivity contribution in [3.05, 3.63) is 95.7 Å². The largest absolute Gasteiger partial charge is 0.481 e. The van der Waals surface area contributed by atoms with E-state index >= 15 is 0 Å². The number of carboxylic acid groups (broad SMARTS) is 1. The Morgan fingerprint density at radius 1 is 0.699 bits per heavy atom. The fourth-order valence-electron chi connectivity index (χ4n) is 9.83. The first kappa shape index (κ1) is 57.3. The summed E-state index contributed by atoms with van der Waals surface area (Å²) in [4.78, 5) is 10.4. The van der Waals surface area contributed by atoms with Crippen molar-refractivity contribution in [1.82, 2.24) is 4.72 Å². The number of hydrogen-bond acceptors (Lipinski definition) is 14. The van der Waals surface area contributed by atoms with E-state index in [1.165, 1.54) is 26.4 Å². The van der Waals surface area contributed by atoms with E-state index in [0.29, 0.717) is 65.8 Å². The second-order valence-corrected chi connectivity index (χ2v) is 25.8. The van der Waals surface area contributed by atoms with Gasteiger partial charge in [-0.05, 0) is 105 Å². The van der Waals surface area contributed by atoms with E-state index in [1.54, 1.807) is 55.5 Å². The van der Waals surface area contributed by atoms with E-state index in [-0.39, 0.29) is 67.1 Å². The number of fused-ring (bicyclic) bond motifs is 6. The van der Waals surface area contributed by atoms with Gasteiger partial charge >= 0.3 is 5.97 Å². The number of rotatable bonds is 24. The van der Waals surface area contributed by atoms with Gasteiger partial charge in [0.25, 0.3) is 40.5 Å². The quantitative estimate of drug-likeness (QED) is 0.0210. The molecule has 4 aromatic carbocycles. The topological polar surface area (TPSA) is 326 Å². The lowest BCUT2D eigenvalue weighted by Gasteiger charge is -2.30. The SMILES string of the molecule is COCCNS(=O)(=O)c1cc(S(=O)(=O)O)cc2c3c(ccc12)[N+](CCCCCC(=O)O)=C(/C=C/C=C/C=C1/N(CCOC)c2ccc4c(S(=O)(=O)O)cc(S(=O)(=O)O)cc4c2C1(C)CCCS(=O)(=O)O)C3(C)C. The lowest BCUT2D eigenvalue weighted by molar-refractivity contribution is -0.438. The number of methoxy groups -OCH3 is 2. The number of ether oxygens (including phenoxy) is 2. The van der Waals surface area contributed by atoms with Gasteiger partial charge in [-0.25, -0.2) is 13.1 Å². The maximum atomic E-state index is 13.7. The maximum absolute atomic E-state index is 13.7. The van der Waals surface area contributed by atoms with Crippen LogP contribution in [0.5, 0.6) is 0 Å². The zero-order valence-electron chi connectivity index (χ0n) is 40.5. The van der Waals surface area contributed by atoms with Gasteiger partial charge in [0.05, 0.1) is 39.1 Å². The molecule has 73 heavy (non-hydrogen) atoms. The number of hydrogen-bond donors (Lipinski definition) is 6. The number of sulfonamides is 1. The number of aliphatic carboxylic acids is 1. The zero-order valence-corrected chi connectivity index (χ0v) is 44.6. The van der Waals surface area contributed by atoms with Crippen molar-refractivity contribution in [2.75, 3.05) is 57.7 Å². The molecule has 21 nitrogen and oxygen atoms in total. The van der Waals surface area contributed by atoms with Gasteiger partial charge in [0.15, 0.2) is 5.71 Å². The number of unbranched alkanes of at least 4 members (excludes halogenated alkanes) is 2. The van der Waals surface area contributed by atoms with Crippen molar-refractivity contribution in [2.24, 2.45) is 0 Å². The Bertz CT molecular complexity index is 3570. The highest BCUT2D eigenvalue weighted by Gasteiger charge is 2.47. The summed E-state index contributed by atoms with van der Waals surface area (Å²) in [7, 11) is -21.1. The maximum Gasteiger partial charge on any atom is 0.303 e. The standard InChI is InChI=1S/C47H57N3O18S5/c1-46(2)41(49(22-11-7-10-15-43(51)52)37-18-16-33-35(44(37)46)27-31(71(58,59)60)29-39(33)70(56,57)48-21-24-67-4)13-8-6-9-14-42-47(3,20-12-26-69(53,54)55)45-36-28-32(72(61,62)63)30-40(73(64,65)66)34(36)17-19-38(45)50(42)23-25-68-5/h6,8-9,13-14,16-19,27-30,48H,7,10-12,15,20-26H2,1-5H3,(H4-,51,52,53,54,55,58,59,60,61,62,63,64,65,66)/p+1. The average Bonchev–Trinajstić information content (AvgIpc) is 3.64. The molecule has 0 radical (unpaired) electrons. The molecule has 2 heterocycles. The molecule has 0 saturated carbocycles. The molecule has 0 spiro atoms. The van der Waals surface area contributed by atoms with Gasteiger partial charge in [0, 0.05) is 85.4 Å². The Balaban J connectivity index is 1.52. The summed E-state index contributed by atoms with van der Waals surface area (Å²) in [6.45, 7) is 6.00. The highest BCUT2D eigenvalue weighted by atomic mass is 32.2. The predicted molar refractivity (Wildman–Crippen MR) is 272 cm³/mol. The second kappa shape index (κ2) is 21.7. The molecule has 26 heteroatoms. The van der Waals surface area contributed by atoms with E-state index in [2.05, 4.69) is 4.72 Å². The van der Waals surface area contributed by atoms with Gasteiger partial charge in [-0.3, -0.25) is 23.0 Å². The van der Waals surface area contributed by atoms with Crippen LogP contribution in [-0.4, -0.2) is 134 Å². The summed E-state index contributed by atoms with van der Waals surface area (Å²) >= 11 is 0. The normalized spacial score (nSPS) is 18.0. The zero-order chi connectivity index (χ0) is 54.1. The lowest BCUT2D eigenvalue weighted by atomic mass is 9.75. The van der Waals surface area contributed by atoms with Crippen molar-refractivity contribution in [1.29, 1.82) is 0 Å². The summed E-state index contributed by atoms with van der Waals surface area (Å²) in [5.74, 6) is -1.61. The van der Waals surface area contributed by atoms with Crippen LogP contribution in [0.3, 0.4) is 0 Å². The van der Waals surface area contributed by atoms with Crippen molar-refractivity contribution < 1.29 is 84.3 Å². The molecule has 0 fully saturated rings. The van der Waals surface area contributed by atoms with Crippen molar-refractivity contribution in [3.8, 4) is 0 Å². The van der Waals surface area contributed by atoms with Gasteiger partial charge in [0.1, 0.15) is 11.4 Å². The molecule has 6 rings (SSSR count). The molecule has 1 unspecified atom stereocenters. The summed E-state index contributed by atoms with van der Waals surface area (Å²) in [5, 5.41) is 9.58. The fraction of sp³-hybridized carbons (Fsp3) is 0.404. The molecule has 398 valence electrons. The van der Waals surface area contributed by atoms with E-state index in [4.69, 9.17) is 9.47 Å². The number of carbonyl (C=O) groups is 1. The molecular weight excluding hydrogens is 1050 g/mol. The van der Waals surface area contributed by atoms with Crippen LogP contribution in [0.2, 0.25) is 0 Å². The molecule has 0 amide bonds. The first-order chi connectivity index (χ1) is 33.9. The molecule has 6 N–H and O–H groups in total. The Morgan fingerprint density at radius 3 is 1.89 bits per heavy atom. The molecule has 1 atom stereocenters. The molecule has 2 aliphatic rings. The molecule has 4 aromatic rings. The van der Waals surface area contributed by atoms with Crippen LogP contribution in [0.25, 0.3) is 21.5 Å². The molecule has 0 aromatic heterocycles. The van der Waals surface area contributed by atoms with Crippen LogP contribution in [0.1, 0.15) is 70.4 Å². The summed E-state index contributed by atoms with van der Waals surface area (Å²) < 4.78 is 183. The molecular formula is C47H58N3O18S5+. The molecule has 0 saturated heterocycles. The number of carboxylic acids is 1. The summed E-state index contributed by atoms with van der Waals surface area (Å²) in [6, 6.07) is 10.0. The third-order valence-electron chi connectivity index (χ3n) is 13.0. The third-order valence-corrected chi connectivity index (χ3v) is 17.9. The number of nitrogens with one attached hydrogen (secondary N) is 1. The lowest BCUT2D eigenvalue weighted by Crippen LogP contribution is -2.31. The van der Waals surface area contributed by atoms with Gasteiger partial charge < -0.3 is 19.5 Å². The fourth-order valence-corrected chi connectivity index (χ4v) is 13.5. The Labute approximate surface area is 424 Å². The van der Waals surface area contributed by atoms with Gasteiger partial charge in [-0.15, -0.1) is 0 Å². The first-order valence-corrected chi connectivity index (χ1v) is 30.1. The average molecular weight is 1110 g/mol. The van der Waals surface area contributed by atoms with E-state index in [9.17, 15) is 70.2 Å². The number of benzene rings is 4. The highest BCUT2D eigenvalue weighted by Crippen LogP contribution is 2.54. The minimum Gasteiger partial charge on any atom is -0.481 e. The van der Waals surface area contributed by atoms with Crippen LogP contribution in [-0.2, 0) is 75.6 Å². The monoisotopic (exact) mass is 1110 g/mol. The summed E-state index contributed by atoms with van der Waals surface area (Å²) in [5.41, 5.74) is 0.826. The smallest absolute Gasteiger partial charge is 0.303 e. The van der Waals surface area contributed by atoms with Gasteiger partial charge in [-0.1, -0.05) is 24.3 Å². The molecule has 0 bridgehead atoms. The highest BCUT2D eigenvalue weighted by molar-refractivity contribution is 7.90. The van der Waals surface area contributed by atoms with Crippen molar-refractivity contribution in [3.63, 3.8) is 0 Å².